The number of carbonyl (C=O) groups excluding carboxylic acids is 1. The Labute approximate surface area is 228 Å². The highest BCUT2D eigenvalue weighted by molar-refractivity contribution is 7.91. The van der Waals surface area contributed by atoms with Crippen LogP contribution in [0.15, 0.2) is 48.5 Å². The van der Waals surface area contributed by atoms with Crippen molar-refractivity contribution in [2.45, 2.75) is 64.0 Å². The number of hydrogen-bond acceptors (Lipinski definition) is 4. The van der Waals surface area contributed by atoms with Crippen molar-refractivity contribution in [1.82, 2.24) is 4.90 Å². The number of carboxylic acids is 1. The zero-order valence-corrected chi connectivity index (χ0v) is 23.4. The normalized spacial score (nSPS) is 25.2. The lowest BCUT2D eigenvalue weighted by atomic mass is 9.65. The standard InChI is InChI=1S/C28H33Cl2NO5S/c1-3-28(16-25(32)33)15-23(20-6-5-7-22(30)14-20)26(19-10-12-21(29)13-11-19)31(27(28)34)24(18-8-9-18)17-37(35,36)4-2/h5-7,10-14,18,23-24,26H,3-4,8-9,15-17H2,1-2H3,(H,32,33)/t23-,24?,26-,28-/m1/s1. The summed E-state index contributed by atoms with van der Waals surface area (Å²) in [5, 5.41) is 11.0. The van der Waals surface area contributed by atoms with Gasteiger partial charge in [-0.15, -0.1) is 0 Å². The average Bonchev–Trinajstić information content (AvgIpc) is 3.70. The predicted molar refractivity (Wildman–Crippen MR) is 146 cm³/mol. The van der Waals surface area contributed by atoms with Crippen LogP contribution in [0.1, 0.15) is 69.0 Å². The molecule has 1 N–H and O–H groups in total. The van der Waals surface area contributed by atoms with Gasteiger partial charge >= 0.3 is 5.97 Å². The molecule has 2 fully saturated rings. The number of benzene rings is 2. The van der Waals surface area contributed by atoms with Crippen LogP contribution in [0.25, 0.3) is 0 Å². The van der Waals surface area contributed by atoms with Gasteiger partial charge in [0.1, 0.15) is 0 Å². The van der Waals surface area contributed by atoms with E-state index in [9.17, 15) is 23.1 Å². The van der Waals surface area contributed by atoms with Crippen molar-refractivity contribution >= 4 is 44.9 Å². The van der Waals surface area contributed by atoms with E-state index in [2.05, 4.69) is 0 Å². The number of halogens is 2. The molecule has 6 nitrogen and oxygen atoms in total. The maximum absolute atomic E-state index is 14.5. The number of carbonyl (C=O) groups is 2. The Morgan fingerprint density at radius 2 is 1.76 bits per heavy atom. The second-order valence-corrected chi connectivity index (χ2v) is 13.7. The van der Waals surface area contributed by atoms with Gasteiger partial charge in [-0.3, -0.25) is 9.59 Å². The summed E-state index contributed by atoms with van der Waals surface area (Å²) in [6.07, 6.45) is 2.00. The fraction of sp³-hybridized carbons (Fsp3) is 0.500. The van der Waals surface area contributed by atoms with Gasteiger partial charge < -0.3 is 10.0 Å². The predicted octanol–water partition coefficient (Wildman–Crippen LogP) is 6.14. The first kappa shape index (κ1) is 27.9. The lowest BCUT2D eigenvalue weighted by molar-refractivity contribution is -0.162. The summed E-state index contributed by atoms with van der Waals surface area (Å²) in [5.41, 5.74) is 0.563. The molecule has 0 radical (unpaired) electrons. The fourth-order valence-electron chi connectivity index (χ4n) is 5.82. The van der Waals surface area contributed by atoms with Gasteiger partial charge in [0.2, 0.25) is 5.91 Å². The third-order valence-electron chi connectivity index (χ3n) is 8.02. The molecule has 2 aliphatic rings. The molecule has 4 atom stereocenters. The van der Waals surface area contributed by atoms with E-state index in [-0.39, 0.29) is 35.7 Å². The minimum absolute atomic E-state index is 0.0182. The van der Waals surface area contributed by atoms with E-state index in [1.165, 1.54) is 0 Å². The van der Waals surface area contributed by atoms with Crippen molar-refractivity contribution in [3.05, 3.63) is 69.7 Å². The van der Waals surface area contributed by atoms with Gasteiger partial charge in [-0.1, -0.05) is 61.3 Å². The summed E-state index contributed by atoms with van der Waals surface area (Å²) >= 11 is 12.6. The van der Waals surface area contributed by atoms with Gasteiger partial charge in [0.15, 0.2) is 9.84 Å². The molecule has 2 aromatic carbocycles. The van der Waals surface area contributed by atoms with Gasteiger partial charge in [0, 0.05) is 27.8 Å². The Hall–Kier alpha value is -2.09. The molecule has 0 spiro atoms. The van der Waals surface area contributed by atoms with Gasteiger partial charge in [-0.2, -0.15) is 0 Å². The van der Waals surface area contributed by atoms with Crippen molar-refractivity contribution in [2.24, 2.45) is 11.3 Å². The second kappa shape index (κ2) is 11.0. The van der Waals surface area contributed by atoms with Crippen LogP contribution in [-0.4, -0.2) is 47.8 Å². The molecule has 1 amide bonds. The van der Waals surface area contributed by atoms with Crippen LogP contribution in [0.4, 0.5) is 0 Å². The lowest BCUT2D eigenvalue weighted by Gasteiger charge is -2.53. The van der Waals surface area contributed by atoms with E-state index >= 15 is 0 Å². The molecule has 37 heavy (non-hydrogen) atoms. The van der Waals surface area contributed by atoms with Crippen LogP contribution >= 0.6 is 23.2 Å². The molecule has 0 bridgehead atoms. The molecule has 2 aromatic rings. The summed E-state index contributed by atoms with van der Waals surface area (Å²) in [4.78, 5) is 28.3. The van der Waals surface area contributed by atoms with Crippen LogP contribution in [0.3, 0.4) is 0 Å². The van der Waals surface area contributed by atoms with Gasteiger partial charge in [0.25, 0.3) is 0 Å². The van der Waals surface area contributed by atoms with Gasteiger partial charge in [0.05, 0.1) is 23.6 Å². The summed E-state index contributed by atoms with van der Waals surface area (Å²) in [6, 6.07) is 13.7. The fourth-order valence-corrected chi connectivity index (χ4v) is 7.33. The van der Waals surface area contributed by atoms with E-state index in [0.29, 0.717) is 22.9 Å². The van der Waals surface area contributed by atoms with E-state index < -0.39 is 33.3 Å². The first-order valence-electron chi connectivity index (χ1n) is 12.8. The molecule has 1 saturated carbocycles. The largest absolute Gasteiger partial charge is 0.481 e. The Morgan fingerprint density at radius 1 is 1.08 bits per heavy atom. The molecule has 1 heterocycles. The highest BCUT2D eigenvalue weighted by Gasteiger charge is 2.56. The van der Waals surface area contributed by atoms with Crippen molar-refractivity contribution in [1.29, 1.82) is 0 Å². The molecule has 200 valence electrons. The minimum atomic E-state index is -3.42. The number of aliphatic carboxylic acids is 1. The number of amides is 1. The number of likely N-dealkylation sites (tertiary alicyclic amines) is 1. The van der Waals surface area contributed by atoms with Gasteiger partial charge in [-0.25, -0.2) is 8.42 Å². The van der Waals surface area contributed by atoms with E-state index in [0.717, 1.165) is 24.0 Å². The third-order valence-corrected chi connectivity index (χ3v) is 10.2. The number of sulfone groups is 1. The maximum atomic E-state index is 14.5. The van der Waals surface area contributed by atoms with Crippen molar-refractivity contribution < 1.29 is 23.1 Å². The highest BCUT2D eigenvalue weighted by atomic mass is 35.5. The summed E-state index contributed by atoms with van der Waals surface area (Å²) in [6.45, 7) is 3.45. The van der Waals surface area contributed by atoms with Crippen molar-refractivity contribution in [3.63, 3.8) is 0 Å². The van der Waals surface area contributed by atoms with Crippen LogP contribution in [0, 0.1) is 11.3 Å². The van der Waals surface area contributed by atoms with Crippen LogP contribution < -0.4 is 0 Å². The first-order chi connectivity index (χ1) is 17.5. The smallest absolute Gasteiger partial charge is 0.304 e. The summed E-state index contributed by atoms with van der Waals surface area (Å²) < 4.78 is 25.8. The quantitative estimate of drug-likeness (QED) is 0.373. The highest BCUT2D eigenvalue weighted by Crippen LogP contribution is 2.55. The molecular formula is C28H33Cl2NO5S. The molecule has 1 unspecified atom stereocenters. The van der Waals surface area contributed by atoms with Gasteiger partial charge in [-0.05, 0) is 67.0 Å². The van der Waals surface area contributed by atoms with E-state index in [4.69, 9.17) is 23.2 Å². The number of piperidine rings is 1. The Bertz CT molecular complexity index is 1260. The number of nitrogens with zero attached hydrogens (tertiary/aromatic N) is 1. The third kappa shape index (κ3) is 5.99. The SMILES string of the molecule is CC[C@]1(CC(=O)O)C[C@H](c2cccc(Cl)c2)[C@@H](c2ccc(Cl)cc2)N(C(CS(=O)(=O)CC)C2CC2)C1=O. The van der Waals surface area contributed by atoms with Crippen LogP contribution in [-0.2, 0) is 19.4 Å². The average molecular weight is 567 g/mol. The summed E-state index contributed by atoms with van der Waals surface area (Å²) in [5.74, 6) is -1.72. The Kier molecular flexibility index (Phi) is 8.27. The number of rotatable bonds is 10. The Balaban J connectivity index is 1.96. The molecular weight excluding hydrogens is 533 g/mol. The van der Waals surface area contributed by atoms with Crippen molar-refractivity contribution in [3.8, 4) is 0 Å². The molecule has 1 aliphatic carbocycles. The second-order valence-electron chi connectivity index (χ2n) is 10.4. The topological polar surface area (TPSA) is 91.8 Å². The minimum Gasteiger partial charge on any atom is -0.481 e. The lowest BCUT2D eigenvalue weighted by Crippen LogP contribution is -2.59. The molecule has 9 heteroatoms. The number of hydrogen-bond donors (Lipinski definition) is 1. The number of carboxylic acid groups (broad SMARTS) is 1. The molecule has 0 aromatic heterocycles. The monoisotopic (exact) mass is 565 g/mol. The molecule has 1 aliphatic heterocycles. The molecule has 1 saturated heterocycles. The molecule has 4 rings (SSSR count). The van der Waals surface area contributed by atoms with Crippen LogP contribution in [0.2, 0.25) is 10.0 Å². The zero-order chi connectivity index (χ0) is 27.0. The maximum Gasteiger partial charge on any atom is 0.304 e. The first-order valence-corrected chi connectivity index (χ1v) is 15.3. The zero-order valence-electron chi connectivity index (χ0n) is 21.1. The van der Waals surface area contributed by atoms with E-state index in [1.807, 2.05) is 37.3 Å². The van der Waals surface area contributed by atoms with Crippen LogP contribution in [0.5, 0.6) is 0 Å². The van der Waals surface area contributed by atoms with Crippen molar-refractivity contribution in [2.75, 3.05) is 11.5 Å². The van der Waals surface area contributed by atoms with E-state index in [1.54, 1.807) is 30.0 Å². The summed E-state index contributed by atoms with van der Waals surface area (Å²) in [7, 11) is -3.42. The Morgan fingerprint density at radius 3 is 2.30 bits per heavy atom.